The molecule has 0 fully saturated rings. The lowest BCUT2D eigenvalue weighted by molar-refractivity contribution is 1.60. The Balaban J connectivity index is 2.89. The maximum Gasteiger partial charge on any atom is 0.192 e. The molecule has 0 unspecified atom stereocenters. The Morgan fingerprint density at radius 1 is 0.846 bits per heavy atom. The molecule has 0 heterocycles. The number of hydrogen-bond donors (Lipinski definition) is 0. The number of para-hydroxylation sites is 1. The Labute approximate surface area is 98.7 Å². The molecule has 1 aromatic rings. The highest BCUT2D eigenvalue weighted by Crippen LogP contribution is 2.68. The lowest BCUT2D eigenvalue weighted by atomic mass is 10.3. The number of benzene rings is 1. The molecule has 13 heavy (non-hydrogen) atoms. The van der Waals surface area contributed by atoms with Gasteiger partial charge in [-0.25, -0.2) is 0 Å². The van der Waals surface area contributed by atoms with Crippen LogP contribution in [-0.4, -0.2) is 0 Å². The molecule has 0 atom stereocenters. The van der Waals surface area contributed by atoms with E-state index in [0.717, 1.165) is 5.69 Å². The van der Waals surface area contributed by atoms with Crippen molar-refractivity contribution in [2.75, 3.05) is 4.44 Å². The summed E-state index contributed by atoms with van der Waals surface area (Å²) in [7, 11) is 0. The number of anilines is 1. The fourth-order valence-electron chi connectivity index (χ4n) is 0.787. The van der Waals surface area contributed by atoms with Gasteiger partial charge in [-0.1, -0.05) is 63.2 Å². The van der Waals surface area contributed by atoms with Crippen LogP contribution in [0.2, 0.25) is 0 Å². The highest BCUT2D eigenvalue weighted by molar-refractivity contribution is 8.18. The molecule has 7 heteroatoms. The van der Waals surface area contributed by atoms with Gasteiger partial charge in [0.05, 0.1) is 0 Å². The van der Waals surface area contributed by atoms with Crippen LogP contribution in [0.1, 0.15) is 0 Å². The van der Waals surface area contributed by atoms with Gasteiger partial charge in [-0.2, -0.15) is 0 Å². The lowest BCUT2D eigenvalue weighted by Gasteiger charge is -2.24. The van der Waals surface area contributed by atoms with Gasteiger partial charge in [-0.3, -0.25) is 4.44 Å². The smallest absolute Gasteiger partial charge is 0.192 e. The third-order valence-electron chi connectivity index (χ3n) is 1.27. The van der Waals surface area contributed by atoms with Crippen molar-refractivity contribution >= 4 is 64.2 Å². The summed E-state index contributed by atoms with van der Waals surface area (Å²) in [5.74, 6) is 0. The van der Waals surface area contributed by atoms with Gasteiger partial charge in [0.1, 0.15) is 0 Å². The van der Waals surface area contributed by atoms with Crippen molar-refractivity contribution in [3.8, 4) is 0 Å². The summed E-state index contributed by atoms with van der Waals surface area (Å²) in [6.07, 6.45) is 0. The van der Waals surface area contributed by atoms with Gasteiger partial charge in [0.25, 0.3) is 0 Å². The zero-order valence-electron chi connectivity index (χ0n) is 6.24. The monoisotopic (exact) mass is 293 g/mol. The highest BCUT2D eigenvalue weighted by Gasteiger charge is 2.21. The van der Waals surface area contributed by atoms with E-state index < -0.39 is 13.6 Å². The summed E-state index contributed by atoms with van der Waals surface area (Å²) >= 11 is 23.1. The Morgan fingerprint density at radius 2 is 1.31 bits per heavy atom. The predicted octanol–water partition coefficient (Wildman–Crippen LogP) is 5.90. The molecule has 0 saturated carbocycles. The molecule has 0 amide bonds. The summed E-state index contributed by atoms with van der Waals surface area (Å²) in [5, 5.41) is 0. The van der Waals surface area contributed by atoms with E-state index >= 15 is 0 Å². The normalized spacial score (nSPS) is 10.9. The Kier molecular flexibility index (Phi) is 5.41. The number of hydrogen-bond acceptors (Lipinski definition) is 1. The Morgan fingerprint density at radius 3 is 1.69 bits per heavy atom. The first-order chi connectivity index (χ1) is 6.13. The number of halogens is 4. The summed E-state index contributed by atoms with van der Waals surface area (Å²) in [4.78, 5) is 0. The van der Waals surface area contributed by atoms with E-state index in [1.165, 1.54) is 0 Å². The van der Waals surface area contributed by atoms with E-state index in [9.17, 15) is 0 Å². The number of rotatable bonds is 3. The molecule has 0 aliphatic carbocycles. The van der Waals surface area contributed by atoms with Crippen LogP contribution in [0, 0.1) is 0 Å². The van der Waals surface area contributed by atoms with Gasteiger partial charge >= 0.3 is 0 Å². The van der Waals surface area contributed by atoms with Crippen molar-refractivity contribution in [2.45, 2.75) is 0 Å². The zero-order valence-corrected chi connectivity index (χ0v) is 11.1. The summed E-state index contributed by atoms with van der Waals surface area (Å²) < 4.78 is 1.61. The maximum absolute atomic E-state index is 5.78. The molecule has 0 spiro atoms. The molecule has 0 aliphatic heterocycles. The summed E-state index contributed by atoms with van der Waals surface area (Å²) in [5.41, 5.74) is 0.842. The van der Waals surface area contributed by atoms with E-state index in [-0.39, 0.29) is 0 Å². The molecule has 0 bridgehead atoms. The minimum atomic E-state index is -1.34. The van der Waals surface area contributed by atoms with Gasteiger partial charge in [-0.05, 0) is 12.1 Å². The standard InChI is InChI=1S/C6H5Cl4NP2/c7-12(8)11(13(9)10)6-4-2-1-3-5-6/h1-5H. The molecule has 1 aromatic carbocycles. The van der Waals surface area contributed by atoms with Crippen molar-refractivity contribution in [2.24, 2.45) is 0 Å². The largest absolute Gasteiger partial charge is 0.279 e. The number of nitrogens with zero attached hydrogens (tertiary/aromatic N) is 1. The van der Waals surface area contributed by atoms with E-state index in [1.807, 2.05) is 30.3 Å². The molecular weight excluding hydrogens is 290 g/mol. The molecule has 1 rings (SSSR count). The first-order valence-corrected chi connectivity index (χ1v) is 9.42. The van der Waals surface area contributed by atoms with Crippen LogP contribution in [-0.2, 0) is 0 Å². The molecule has 0 saturated heterocycles. The van der Waals surface area contributed by atoms with Crippen molar-refractivity contribution < 1.29 is 0 Å². The molecule has 0 radical (unpaired) electrons. The first kappa shape index (κ1) is 12.1. The first-order valence-electron chi connectivity index (χ1n) is 3.21. The third kappa shape index (κ3) is 3.59. The minimum absolute atomic E-state index is 0.842. The quantitative estimate of drug-likeness (QED) is 0.627. The van der Waals surface area contributed by atoms with E-state index in [2.05, 4.69) is 0 Å². The molecular formula is C6H5Cl4NP2. The van der Waals surface area contributed by atoms with Gasteiger partial charge in [0.2, 0.25) is 0 Å². The molecule has 72 valence electrons. The van der Waals surface area contributed by atoms with E-state index in [1.54, 1.807) is 4.44 Å². The highest BCUT2D eigenvalue weighted by atomic mass is 35.9. The van der Waals surface area contributed by atoms with Gasteiger partial charge < -0.3 is 0 Å². The Hall–Kier alpha value is 1.04. The topological polar surface area (TPSA) is 3.24 Å². The molecule has 0 aromatic heterocycles. The lowest BCUT2D eigenvalue weighted by Crippen LogP contribution is -1.99. The van der Waals surface area contributed by atoms with Gasteiger partial charge in [0.15, 0.2) is 13.6 Å². The fourth-order valence-corrected chi connectivity index (χ4v) is 6.54. The second-order valence-electron chi connectivity index (χ2n) is 2.06. The van der Waals surface area contributed by atoms with Crippen LogP contribution in [0.5, 0.6) is 0 Å². The molecule has 1 nitrogen and oxygen atoms in total. The molecule has 0 aliphatic rings. The minimum Gasteiger partial charge on any atom is -0.279 e. The Bertz CT molecular complexity index is 248. The summed E-state index contributed by atoms with van der Waals surface area (Å²) in [6, 6.07) is 9.38. The second kappa shape index (κ2) is 5.81. The fraction of sp³-hybridized carbons (Fsp3) is 0. The average Bonchev–Trinajstić information content (AvgIpc) is 2.04. The van der Waals surface area contributed by atoms with Crippen LogP contribution in [0.25, 0.3) is 0 Å². The van der Waals surface area contributed by atoms with Crippen LogP contribution in [0.3, 0.4) is 0 Å². The zero-order chi connectivity index (χ0) is 9.84. The van der Waals surface area contributed by atoms with E-state index in [0.29, 0.717) is 0 Å². The van der Waals surface area contributed by atoms with Crippen LogP contribution >= 0.6 is 58.5 Å². The van der Waals surface area contributed by atoms with Crippen molar-refractivity contribution in [1.82, 2.24) is 0 Å². The van der Waals surface area contributed by atoms with Crippen molar-refractivity contribution in [3.05, 3.63) is 30.3 Å². The second-order valence-corrected chi connectivity index (χ2v) is 8.91. The maximum atomic E-state index is 5.78. The van der Waals surface area contributed by atoms with Crippen LogP contribution < -0.4 is 4.44 Å². The molecule has 0 N–H and O–H groups in total. The van der Waals surface area contributed by atoms with Crippen molar-refractivity contribution in [1.29, 1.82) is 0 Å². The van der Waals surface area contributed by atoms with E-state index in [4.69, 9.17) is 45.0 Å². The predicted molar refractivity (Wildman–Crippen MR) is 66.2 cm³/mol. The van der Waals surface area contributed by atoms with Gasteiger partial charge in [-0.15, -0.1) is 0 Å². The average molecular weight is 295 g/mol. The van der Waals surface area contributed by atoms with Gasteiger partial charge in [0, 0.05) is 5.69 Å². The van der Waals surface area contributed by atoms with Crippen LogP contribution in [0.15, 0.2) is 30.3 Å². The summed E-state index contributed by atoms with van der Waals surface area (Å²) in [6.45, 7) is -2.67. The third-order valence-corrected chi connectivity index (χ3v) is 6.46. The van der Waals surface area contributed by atoms with Crippen LogP contribution in [0.4, 0.5) is 5.69 Å². The SMILES string of the molecule is ClP(Cl)N(c1ccccc1)P(Cl)Cl. The van der Waals surface area contributed by atoms with Crippen molar-refractivity contribution in [3.63, 3.8) is 0 Å².